The number of nitrogens with zero attached hydrogens (tertiary/aromatic N) is 2. The lowest BCUT2D eigenvalue weighted by molar-refractivity contribution is -0.125. The Bertz CT molecular complexity index is 381. The van der Waals surface area contributed by atoms with E-state index in [2.05, 4.69) is 10.4 Å². The first-order valence-electron chi connectivity index (χ1n) is 5.62. The van der Waals surface area contributed by atoms with E-state index in [1.165, 1.54) is 0 Å². The van der Waals surface area contributed by atoms with Gasteiger partial charge in [-0.15, -0.1) is 0 Å². The van der Waals surface area contributed by atoms with E-state index in [4.69, 9.17) is 5.73 Å². The third-order valence-electron chi connectivity index (χ3n) is 3.18. The molecule has 88 valence electrons. The Morgan fingerprint density at radius 2 is 2.44 bits per heavy atom. The second-order valence-corrected chi connectivity index (χ2v) is 4.51. The van der Waals surface area contributed by atoms with Gasteiger partial charge in [0.2, 0.25) is 5.91 Å². The second kappa shape index (κ2) is 4.25. The third-order valence-corrected chi connectivity index (χ3v) is 3.18. The first-order valence-corrected chi connectivity index (χ1v) is 5.62. The third kappa shape index (κ3) is 2.24. The molecule has 0 spiro atoms. The van der Waals surface area contributed by atoms with Gasteiger partial charge in [-0.2, -0.15) is 5.10 Å². The molecule has 5 nitrogen and oxygen atoms in total. The van der Waals surface area contributed by atoms with Crippen LogP contribution in [-0.4, -0.2) is 28.8 Å². The summed E-state index contributed by atoms with van der Waals surface area (Å²) < 4.78 is 1.76. The topological polar surface area (TPSA) is 72.9 Å². The lowest BCUT2D eigenvalue weighted by Crippen LogP contribution is -2.37. The molecule has 0 unspecified atom stereocenters. The number of carbonyl (C=O) groups excluding carboxylic acids is 1. The zero-order chi connectivity index (χ0) is 11.6. The molecule has 1 amide bonds. The van der Waals surface area contributed by atoms with Crippen LogP contribution in [0.25, 0.3) is 0 Å². The van der Waals surface area contributed by atoms with Gasteiger partial charge >= 0.3 is 0 Å². The van der Waals surface area contributed by atoms with Crippen molar-refractivity contribution in [2.24, 2.45) is 18.2 Å². The maximum atomic E-state index is 11.7. The van der Waals surface area contributed by atoms with E-state index in [-0.39, 0.29) is 11.3 Å². The van der Waals surface area contributed by atoms with Gasteiger partial charge < -0.3 is 11.1 Å². The molecule has 2 rings (SSSR count). The molecule has 16 heavy (non-hydrogen) atoms. The molecular formula is C11H18N4O. The molecule has 1 heterocycles. The molecule has 0 aliphatic heterocycles. The predicted octanol–water partition coefficient (Wildman–Crippen LogP) is -0.182. The Morgan fingerprint density at radius 1 is 1.69 bits per heavy atom. The van der Waals surface area contributed by atoms with Crippen LogP contribution in [0.5, 0.6) is 0 Å². The van der Waals surface area contributed by atoms with Crippen LogP contribution in [0.15, 0.2) is 12.4 Å². The highest BCUT2D eigenvalue weighted by Gasteiger charge is 2.48. The fourth-order valence-electron chi connectivity index (χ4n) is 1.78. The summed E-state index contributed by atoms with van der Waals surface area (Å²) in [5.74, 6) is 0.110. The van der Waals surface area contributed by atoms with E-state index in [9.17, 15) is 4.79 Å². The van der Waals surface area contributed by atoms with Gasteiger partial charge in [-0.1, -0.05) is 0 Å². The highest BCUT2D eigenvalue weighted by Crippen LogP contribution is 2.44. The molecule has 1 aromatic rings. The van der Waals surface area contributed by atoms with Crippen molar-refractivity contribution in [1.82, 2.24) is 15.1 Å². The highest BCUT2D eigenvalue weighted by atomic mass is 16.2. The maximum Gasteiger partial charge on any atom is 0.227 e. The number of hydrogen-bond donors (Lipinski definition) is 2. The normalized spacial score (nSPS) is 17.1. The first kappa shape index (κ1) is 11.1. The van der Waals surface area contributed by atoms with Crippen LogP contribution >= 0.6 is 0 Å². The number of carbonyl (C=O) groups is 1. The van der Waals surface area contributed by atoms with E-state index < -0.39 is 0 Å². The van der Waals surface area contributed by atoms with Crippen LogP contribution in [0.3, 0.4) is 0 Å². The summed E-state index contributed by atoms with van der Waals surface area (Å²) >= 11 is 0. The Kier molecular flexibility index (Phi) is 2.96. The molecule has 0 radical (unpaired) electrons. The van der Waals surface area contributed by atoms with Gasteiger partial charge in [0.05, 0.1) is 11.6 Å². The number of aromatic nitrogens is 2. The fraction of sp³-hybridized carbons (Fsp3) is 0.636. The van der Waals surface area contributed by atoms with Crippen LogP contribution in [0, 0.1) is 5.41 Å². The van der Waals surface area contributed by atoms with Crippen LogP contribution in [0.1, 0.15) is 18.4 Å². The van der Waals surface area contributed by atoms with Gasteiger partial charge in [0.1, 0.15) is 0 Å². The molecule has 5 heteroatoms. The Morgan fingerprint density at radius 3 is 2.94 bits per heavy atom. The summed E-state index contributed by atoms with van der Waals surface area (Å²) in [6.07, 6.45) is 6.47. The zero-order valence-electron chi connectivity index (χ0n) is 9.57. The lowest BCUT2D eigenvalue weighted by Gasteiger charge is -2.12. The largest absolute Gasteiger partial charge is 0.355 e. The summed E-state index contributed by atoms with van der Waals surface area (Å²) in [4.78, 5) is 11.7. The van der Waals surface area contributed by atoms with Gasteiger partial charge in [-0.05, 0) is 24.8 Å². The first-order chi connectivity index (χ1) is 7.66. The van der Waals surface area contributed by atoms with Gasteiger partial charge in [-0.3, -0.25) is 9.48 Å². The minimum atomic E-state index is -0.241. The Hall–Kier alpha value is -1.36. The van der Waals surface area contributed by atoms with Crippen molar-refractivity contribution in [3.63, 3.8) is 0 Å². The molecule has 3 N–H and O–H groups in total. The molecule has 1 aliphatic carbocycles. The summed E-state index contributed by atoms with van der Waals surface area (Å²) in [5, 5.41) is 7.01. The van der Waals surface area contributed by atoms with Gasteiger partial charge in [0.25, 0.3) is 0 Å². The fourth-order valence-corrected chi connectivity index (χ4v) is 1.78. The highest BCUT2D eigenvalue weighted by molar-refractivity contribution is 5.85. The average molecular weight is 222 g/mol. The summed E-state index contributed by atoms with van der Waals surface area (Å²) in [5.41, 5.74) is 6.48. The minimum absolute atomic E-state index is 0.110. The number of nitrogens with two attached hydrogens (primary N) is 1. The molecule has 1 aliphatic rings. The van der Waals surface area contributed by atoms with Gasteiger partial charge in [0, 0.05) is 26.3 Å². The number of nitrogens with one attached hydrogen (secondary N) is 1. The van der Waals surface area contributed by atoms with Crippen molar-refractivity contribution in [1.29, 1.82) is 0 Å². The monoisotopic (exact) mass is 222 g/mol. The number of aryl methyl sites for hydroxylation is 1. The molecule has 1 aromatic heterocycles. The maximum absolute atomic E-state index is 11.7. The van der Waals surface area contributed by atoms with Gasteiger partial charge in [-0.25, -0.2) is 0 Å². The molecule has 0 saturated heterocycles. The molecule has 0 bridgehead atoms. The van der Waals surface area contributed by atoms with E-state index in [0.29, 0.717) is 13.1 Å². The van der Waals surface area contributed by atoms with Crippen LogP contribution in [0.4, 0.5) is 0 Å². The summed E-state index contributed by atoms with van der Waals surface area (Å²) in [6.45, 7) is 1.12. The van der Waals surface area contributed by atoms with Crippen molar-refractivity contribution in [3.05, 3.63) is 18.0 Å². The summed E-state index contributed by atoms with van der Waals surface area (Å²) in [6, 6.07) is 0. The van der Waals surface area contributed by atoms with E-state index in [0.717, 1.165) is 24.8 Å². The van der Waals surface area contributed by atoms with Crippen LogP contribution < -0.4 is 11.1 Å². The zero-order valence-corrected chi connectivity index (χ0v) is 9.57. The molecule has 1 saturated carbocycles. The smallest absolute Gasteiger partial charge is 0.227 e. The lowest BCUT2D eigenvalue weighted by atomic mass is 10.1. The number of rotatable bonds is 5. The number of amides is 1. The molecule has 0 atom stereocenters. The van der Waals surface area contributed by atoms with E-state index in [1.54, 1.807) is 4.68 Å². The van der Waals surface area contributed by atoms with Crippen molar-refractivity contribution in [3.8, 4) is 0 Å². The standard InChI is InChI=1S/C11H18N4O/c1-15-7-9(6-14-15)2-5-13-10(16)11(8-12)3-4-11/h6-7H,2-5,8,12H2,1H3,(H,13,16). The summed E-state index contributed by atoms with van der Waals surface area (Å²) in [7, 11) is 1.88. The van der Waals surface area contributed by atoms with Crippen molar-refractivity contribution < 1.29 is 4.79 Å². The van der Waals surface area contributed by atoms with Crippen LogP contribution in [0.2, 0.25) is 0 Å². The van der Waals surface area contributed by atoms with Crippen molar-refractivity contribution >= 4 is 5.91 Å². The quantitative estimate of drug-likeness (QED) is 0.725. The molecule has 0 aromatic carbocycles. The van der Waals surface area contributed by atoms with Crippen molar-refractivity contribution in [2.75, 3.05) is 13.1 Å². The minimum Gasteiger partial charge on any atom is -0.355 e. The predicted molar refractivity (Wildman–Crippen MR) is 60.6 cm³/mol. The van der Waals surface area contributed by atoms with Crippen molar-refractivity contribution in [2.45, 2.75) is 19.3 Å². The van der Waals surface area contributed by atoms with Crippen LogP contribution in [-0.2, 0) is 18.3 Å². The Labute approximate surface area is 95.0 Å². The SMILES string of the molecule is Cn1cc(CCNC(=O)C2(CN)CC2)cn1. The van der Waals surface area contributed by atoms with E-state index >= 15 is 0 Å². The van der Waals surface area contributed by atoms with Gasteiger partial charge in [0.15, 0.2) is 0 Å². The molecular weight excluding hydrogens is 204 g/mol. The Balaban J connectivity index is 1.74. The number of hydrogen-bond acceptors (Lipinski definition) is 3. The molecule has 1 fully saturated rings. The average Bonchev–Trinajstić information content (AvgIpc) is 2.98. The van der Waals surface area contributed by atoms with E-state index in [1.807, 2.05) is 19.4 Å². The second-order valence-electron chi connectivity index (χ2n) is 4.51.